The molecule has 0 radical (unpaired) electrons. The van der Waals surface area contributed by atoms with Gasteiger partial charge in [-0.15, -0.1) is 0 Å². The highest BCUT2D eigenvalue weighted by molar-refractivity contribution is 5.76. The molecule has 0 aliphatic carbocycles. The van der Waals surface area contributed by atoms with Crippen molar-refractivity contribution in [3.63, 3.8) is 0 Å². The first-order chi connectivity index (χ1) is 33.2. The van der Waals surface area contributed by atoms with Crippen LogP contribution in [-0.4, -0.2) is 125 Å². The summed E-state index contributed by atoms with van der Waals surface area (Å²) in [6.45, 7) is 35.6. The molecule has 8 rings (SSSR count). The van der Waals surface area contributed by atoms with E-state index >= 15 is 0 Å². The Morgan fingerprint density at radius 3 is 1.76 bits per heavy atom. The summed E-state index contributed by atoms with van der Waals surface area (Å²) in [7, 11) is 0. The van der Waals surface area contributed by atoms with Crippen LogP contribution in [0.4, 0.5) is 17.5 Å². The number of hydrogen-bond acceptors (Lipinski definition) is 11. The summed E-state index contributed by atoms with van der Waals surface area (Å²) in [5.41, 5.74) is 5.01. The smallest absolute Gasteiger partial charge is 0.222 e. The molecule has 0 bridgehead atoms. The predicted molar refractivity (Wildman–Crippen MR) is 294 cm³/mol. The Labute approximate surface area is 425 Å². The molecular formula is C58H94N10O2. The highest BCUT2D eigenvalue weighted by Crippen LogP contribution is 2.28. The van der Waals surface area contributed by atoms with Crippen LogP contribution in [0, 0.1) is 5.92 Å². The number of carbonyl (C=O) groups is 1. The van der Waals surface area contributed by atoms with Crippen LogP contribution in [-0.2, 0) is 9.53 Å². The Bertz CT molecular complexity index is 2040. The van der Waals surface area contributed by atoms with Crippen LogP contribution in [0.2, 0.25) is 0 Å². The maximum Gasteiger partial charge on any atom is 0.222 e. The van der Waals surface area contributed by atoms with Crippen LogP contribution >= 0.6 is 0 Å². The number of aromatic nitrogens is 5. The van der Waals surface area contributed by atoms with Gasteiger partial charge >= 0.3 is 0 Å². The topological polar surface area (TPSA) is 107 Å². The molecule has 70 heavy (non-hydrogen) atoms. The number of amides is 1. The summed E-state index contributed by atoms with van der Waals surface area (Å²) in [6, 6.07) is 19.2. The first kappa shape index (κ1) is 57.9. The molecule has 0 saturated carbocycles. The normalized spacial score (nSPS) is 19.7. The van der Waals surface area contributed by atoms with Crippen LogP contribution < -0.4 is 14.7 Å². The van der Waals surface area contributed by atoms with Crippen LogP contribution in [0.1, 0.15) is 181 Å². The van der Waals surface area contributed by atoms with E-state index in [9.17, 15) is 4.79 Å². The largest absolute Gasteiger partial charge is 0.372 e. The Kier molecular flexibility index (Phi) is 25.0. The first-order valence-corrected chi connectivity index (χ1v) is 26.8. The molecule has 0 N–H and O–H groups in total. The molecule has 3 unspecified atom stereocenters. The zero-order valence-corrected chi connectivity index (χ0v) is 44.7. The van der Waals surface area contributed by atoms with Crippen molar-refractivity contribution in [2.24, 2.45) is 5.92 Å². The van der Waals surface area contributed by atoms with Crippen LogP contribution in [0.15, 0.2) is 73.4 Å². The maximum atomic E-state index is 12.2. The third-order valence-electron chi connectivity index (χ3n) is 13.6. The summed E-state index contributed by atoms with van der Waals surface area (Å²) in [5, 5.41) is 0. The minimum Gasteiger partial charge on any atom is -0.372 e. The second-order valence-electron chi connectivity index (χ2n) is 21.1. The molecule has 4 aliphatic rings. The van der Waals surface area contributed by atoms with E-state index in [1.54, 1.807) is 12.7 Å². The summed E-state index contributed by atoms with van der Waals surface area (Å²) in [6.07, 6.45) is 15.1. The fourth-order valence-corrected chi connectivity index (χ4v) is 9.44. The number of benzene rings is 1. The summed E-state index contributed by atoms with van der Waals surface area (Å²) in [5.74, 6) is 6.25. The summed E-state index contributed by atoms with van der Waals surface area (Å²) in [4.78, 5) is 45.8. The number of piperazine rings is 1. The van der Waals surface area contributed by atoms with E-state index < -0.39 is 0 Å². The van der Waals surface area contributed by atoms with Crippen molar-refractivity contribution in [2.75, 3.05) is 86.7 Å². The highest BCUT2D eigenvalue weighted by Gasteiger charge is 2.26. The van der Waals surface area contributed by atoms with Gasteiger partial charge in [-0.3, -0.25) is 9.69 Å². The molecule has 4 fully saturated rings. The van der Waals surface area contributed by atoms with Gasteiger partial charge in [0, 0.05) is 108 Å². The van der Waals surface area contributed by atoms with Crippen molar-refractivity contribution >= 4 is 23.4 Å². The molecular weight excluding hydrogens is 869 g/mol. The lowest BCUT2D eigenvalue weighted by Crippen LogP contribution is -2.46. The minimum absolute atomic E-state index is 0. The third kappa shape index (κ3) is 19.2. The highest BCUT2D eigenvalue weighted by atomic mass is 16.5. The SMILES string of the molecule is C.CC(C)CCC(=O)N1CCCC(c2ccccc2)C1.CC(C)c1ccnc(N2CCCCC2)c1.CC1CN(c2cc(C(C)C)ncn2)CC(C)O1.CCCN1CCN(c2cc(C(C)C)ncn2)CC1. The van der Waals surface area contributed by atoms with Crippen LogP contribution in [0.5, 0.6) is 0 Å². The first-order valence-electron chi connectivity index (χ1n) is 26.8. The Balaban J connectivity index is 0.000000203. The summed E-state index contributed by atoms with van der Waals surface area (Å²) < 4.78 is 5.73. The fourth-order valence-electron chi connectivity index (χ4n) is 9.44. The third-order valence-corrected chi connectivity index (χ3v) is 13.6. The van der Waals surface area contributed by atoms with Gasteiger partial charge in [0.05, 0.1) is 12.2 Å². The molecule has 4 saturated heterocycles. The molecule has 12 nitrogen and oxygen atoms in total. The van der Waals surface area contributed by atoms with Gasteiger partial charge in [0.1, 0.15) is 30.1 Å². The quantitative estimate of drug-likeness (QED) is 0.135. The number of carbonyl (C=O) groups excluding carboxylic acids is 1. The Morgan fingerprint density at radius 1 is 0.629 bits per heavy atom. The fraction of sp³-hybridized carbons (Fsp3) is 0.655. The van der Waals surface area contributed by atoms with E-state index in [1.165, 1.54) is 68.7 Å². The molecule has 12 heteroatoms. The second-order valence-corrected chi connectivity index (χ2v) is 21.1. The monoisotopic (exact) mass is 963 g/mol. The molecule has 4 aliphatic heterocycles. The van der Waals surface area contributed by atoms with Crippen molar-refractivity contribution in [1.82, 2.24) is 34.7 Å². The van der Waals surface area contributed by atoms with Gasteiger partial charge in [0.15, 0.2) is 0 Å². The van der Waals surface area contributed by atoms with E-state index in [4.69, 9.17) is 4.74 Å². The number of ether oxygens (including phenoxy) is 1. The van der Waals surface area contributed by atoms with E-state index in [0.717, 1.165) is 88.2 Å². The van der Waals surface area contributed by atoms with E-state index in [1.807, 2.05) is 6.20 Å². The van der Waals surface area contributed by atoms with E-state index in [0.29, 0.717) is 41.9 Å². The van der Waals surface area contributed by atoms with E-state index in [2.05, 4.69) is 180 Å². The average molecular weight is 963 g/mol. The average Bonchev–Trinajstić information content (AvgIpc) is 3.37. The number of likely N-dealkylation sites (tertiary alicyclic amines) is 1. The zero-order valence-electron chi connectivity index (χ0n) is 44.7. The number of nitrogens with zero attached hydrogens (tertiary/aromatic N) is 10. The number of anilines is 3. The van der Waals surface area contributed by atoms with Crippen molar-refractivity contribution < 1.29 is 9.53 Å². The van der Waals surface area contributed by atoms with Gasteiger partial charge in [0.25, 0.3) is 0 Å². The molecule has 3 atom stereocenters. The lowest BCUT2D eigenvalue weighted by Gasteiger charge is -2.36. The number of morpholine rings is 1. The molecule has 1 amide bonds. The molecule has 7 heterocycles. The van der Waals surface area contributed by atoms with Gasteiger partial charge in [-0.05, 0) is 112 Å². The van der Waals surface area contributed by atoms with E-state index in [-0.39, 0.29) is 19.6 Å². The van der Waals surface area contributed by atoms with Gasteiger partial charge in [0.2, 0.25) is 5.91 Å². The summed E-state index contributed by atoms with van der Waals surface area (Å²) >= 11 is 0. The van der Waals surface area contributed by atoms with Gasteiger partial charge in [-0.25, -0.2) is 24.9 Å². The predicted octanol–water partition coefficient (Wildman–Crippen LogP) is 12.0. The molecule has 3 aromatic heterocycles. The maximum absolute atomic E-state index is 12.2. The Hall–Kier alpha value is -4.68. The second kappa shape index (κ2) is 30.3. The van der Waals surface area contributed by atoms with Gasteiger partial charge in [-0.2, -0.15) is 0 Å². The Morgan fingerprint density at radius 2 is 1.20 bits per heavy atom. The van der Waals surface area contributed by atoms with Crippen molar-refractivity contribution in [1.29, 1.82) is 0 Å². The number of piperidine rings is 2. The molecule has 388 valence electrons. The standard InChI is InChI=1S/C17H25NO.C14H24N4.C13H21N3O.C13H20N2.CH4/c1-14(2)10-11-17(19)18-12-6-9-16(13-18)15-7-4-3-5-8-15;1-4-5-17-6-8-18(9-7-17)14-10-13(12(2)3)15-11-16-14;1-9(2)12-5-13(15-8-14-12)16-6-10(3)17-11(4)7-16;1-11(2)12-6-7-14-13(10-12)15-8-4-3-5-9-15;/h3-5,7-8,14,16H,6,9-13H2,1-2H3;10-12H,4-9H2,1-3H3;5,8-11H,6-7H2,1-4H3;6-7,10-11H,3-5,8-9H2,1-2H3;1H4. The molecule has 1 aromatic carbocycles. The van der Waals surface area contributed by atoms with Gasteiger partial charge < -0.3 is 24.3 Å². The number of pyridine rings is 1. The van der Waals surface area contributed by atoms with Gasteiger partial charge in [-0.1, -0.05) is 100 Å². The van der Waals surface area contributed by atoms with Crippen LogP contribution in [0.25, 0.3) is 0 Å². The number of hydrogen-bond donors (Lipinski definition) is 0. The number of rotatable bonds is 12. The van der Waals surface area contributed by atoms with Crippen LogP contribution in [0.3, 0.4) is 0 Å². The lowest BCUT2D eigenvalue weighted by molar-refractivity contribution is -0.132. The zero-order chi connectivity index (χ0) is 49.7. The lowest BCUT2D eigenvalue weighted by atomic mass is 9.90. The minimum atomic E-state index is 0. The van der Waals surface area contributed by atoms with Crippen molar-refractivity contribution in [3.8, 4) is 0 Å². The van der Waals surface area contributed by atoms with Crippen molar-refractivity contribution in [2.45, 2.75) is 171 Å². The molecule has 4 aromatic rings. The van der Waals surface area contributed by atoms with Crippen molar-refractivity contribution in [3.05, 3.63) is 96.0 Å². The molecule has 0 spiro atoms.